The van der Waals surface area contributed by atoms with Gasteiger partial charge in [-0.05, 0) is 36.8 Å². The lowest BCUT2D eigenvalue weighted by Crippen LogP contribution is -2.49. The van der Waals surface area contributed by atoms with Gasteiger partial charge >= 0.3 is 0 Å². The Bertz CT molecular complexity index is 1150. The summed E-state index contributed by atoms with van der Waals surface area (Å²) in [5.41, 5.74) is 2.06. The van der Waals surface area contributed by atoms with Crippen molar-refractivity contribution in [3.8, 4) is 0 Å². The van der Waals surface area contributed by atoms with Crippen LogP contribution in [-0.4, -0.2) is 61.9 Å². The molecule has 0 unspecified atom stereocenters. The zero-order valence-corrected chi connectivity index (χ0v) is 18.5. The second-order valence-electron chi connectivity index (χ2n) is 7.08. The third kappa shape index (κ3) is 4.03. The van der Waals surface area contributed by atoms with Crippen molar-refractivity contribution >= 4 is 42.7 Å². The maximum Gasteiger partial charge on any atom is 0.254 e. The van der Waals surface area contributed by atoms with Gasteiger partial charge in [0.25, 0.3) is 5.91 Å². The molecule has 1 saturated heterocycles. The zero-order chi connectivity index (χ0) is 21.3. The largest absolute Gasteiger partial charge is 0.344 e. The Kier molecular flexibility index (Phi) is 5.72. The molecule has 10 heteroatoms. The molecule has 1 aliphatic rings. The fraction of sp³-hybridized carbons (Fsp3) is 0.350. The molecule has 1 N–H and O–H groups in total. The maximum atomic E-state index is 13.1. The van der Waals surface area contributed by atoms with Crippen LogP contribution in [0.3, 0.4) is 0 Å². The summed E-state index contributed by atoms with van der Waals surface area (Å²) in [7, 11) is -3.61. The first-order chi connectivity index (χ1) is 14.4. The van der Waals surface area contributed by atoms with E-state index in [0.29, 0.717) is 38.3 Å². The number of rotatable bonds is 5. The Balaban J connectivity index is 1.49. The summed E-state index contributed by atoms with van der Waals surface area (Å²) in [6, 6.07) is 8.50. The normalized spacial score (nSPS) is 15.0. The molecule has 30 heavy (non-hydrogen) atoms. The van der Waals surface area contributed by atoms with Gasteiger partial charge in [-0.15, -0.1) is 0 Å². The highest BCUT2D eigenvalue weighted by atomic mass is 32.2. The quantitative estimate of drug-likeness (QED) is 0.647. The first-order valence-electron chi connectivity index (χ1n) is 9.75. The Morgan fingerprint density at radius 2 is 1.97 bits per heavy atom. The molecule has 158 valence electrons. The van der Waals surface area contributed by atoms with E-state index in [4.69, 9.17) is 0 Å². The van der Waals surface area contributed by atoms with Crippen molar-refractivity contribution in [3.63, 3.8) is 0 Å². The van der Waals surface area contributed by atoms with Gasteiger partial charge in [-0.25, -0.2) is 23.1 Å². The molecule has 4 rings (SSSR count). The minimum Gasteiger partial charge on any atom is -0.344 e. The number of carbonyl (C=O) groups is 1. The van der Waals surface area contributed by atoms with Crippen LogP contribution < -0.4 is 9.62 Å². The molecular formula is C20H23N5O3S2. The summed E-state index contributed by atoms with van der Waals surface area (Å²) in [4.78, 5) is 27.0. The van der Waals surface area contributed by atoms with Gasteiger partial charge in [0.05, 0.1) is 4.90 Å². The number of nitrogens with one attached hydrogen (secondary N) is 1. The number of amides is 1. The SMILES string of the molecule is CCNS(=O)(=O)c1ccc(C)c(C(=O)N2CCN(c3nc4cccnc4s3)CC2)c1. The van der Waals surface area contributed by atoms with Crippen LogP contribution in [0.25, 0.3) is 10.3 Å². The highest BCUT2D eigenvalue weighted by Gasteiger charge is 2.26. The number of aromatic nitrogens is 2. The number of aryl methyl sites for hydroxylation is 1. The van der Waals surface area contributed by atoms with Crippen molar-refractivity contribution in [2.24, 2.45) is 0 Å². The molecule has 0 spiro atoms. The molecule has 0 aliphatic carbocycles. The van der Waals surface area contributed by atoms with Crippen LogP contribution in [0.15, 0.2) is 41.4 Å². The number of hydrogen-bond acceptors (Lipinski definition) is 7. The lowest BCUT2D eigenvalue weighted by molar-refractivity contribution is 0.0746. The van der Waals surface area contributed by atoms with E-state index in [-0.39, 0.29) is 10.8 Å². The Labute approximate surface area is 179 Å². The van der Waals surface area contributed by atoms with E-state index >= 15 is 0 Å². The van der Waals surface area contributed by atoms with Gasteiger partial charge in [-0.1, -0.05) is 24.3 Å². The standard InChI is InChI=1S/C20H23N5O3S2/c1-3-22-30(27,28)15-7-6-14(2)16(13-15)19(26)24-9-11-25(12-10-24)20-23-17-5-4-8-21-18(17)29-20/h4-8,13,22H,3,9-12H2,1-2H3. The number of sulfonamides is 1. The van der Waals surface area contributed by atoms with Crippen molar-refractivity contribution in [3.05, 3.63) is 47.7 Å². The molecule has 0 radical (unpaired) electrons. The van der Waals surface area contributed by atoms with Crippen LogP contribution >= 0.6 is 11.3 Å². The third-order valence-corrected chi connectivity index (χ3v) is 7.66. The number of benzene rings is 1. The van der Waals surface area contributed by atoms with Crippen LogP contribution in [0, 0.1) is 6.92 Å². The molecule has 0 atom stereocenters. The average Bonchev–Trinajstić information content (AvgIpc) is 3.18. The lowest BCUT2D eigenvalue weighted by atomic mass is 10.1. The number of thiazole rings is 1. The van der Waals surface area contributed by atoms with Gasteiger partial charge in [0.1, 0.15) is 10.3 Å². The Hall–Kier alpha value is -2.56. The lowest BCUT2D eigenvalue weighted by Gasteiger charge is -2.34. The second-order valence-corrected chi connectivity index (χ2v) is 9.80. The second kappa shape index (κ2) is 8.29. The Morgan fingerprint density at radius 3 is 2.67 bits per heavy atom. The van der Waals surface area contributed by atoms with E-state index < -0.39 is 10.0 Å². The molecule has 8 nitrogen and oxygen atoms in total. The Morgan fingerprint density at radius 1 is 1.20 bits per heavy atom. The fourth-order valence-corrected chi connectivity index (χ4v) is 5.46. The molecule has 0 bridgehead atoms. The number of nitrogens with zero attached hydrogens (tertiary/aromatic N) is 4. The van der Waals surface area contributed by atoms with E-state index in [1.807, 2.05) is 19.1 Å². The number of carbonyl (C=O) groups excluding carboxylic acids is 1. The number of anilines is 1. The summed E-state index contributed by atoms with van der Waals surface area (Å²) in [6.45, 7) is 6.26. The summed E-state index contributed by atoms with van der Waals surface area (Å²) >= 11 is 1.55. The van der Waals surface area contributed by atoms with Crippen LogP contribution in [0.5, 0.6) is 0 Å². The third-order valence-electron chi connectivity index (χ3n) is 5.08. The van der Waals surface area contributed by atoms with Crippen molar-refractivity contribution in [1.29, 1.82) is 0 Å². The summed E-state index contributed by atoms with van der Waals surface area (Å²) in [6.07, 6.45) is 1.76. The summed E-state index contributed by atoms with van der Waals surface area (Å²) in [5, 5.41) is 0.908. The van der Waals surface area contributed by atoms with E-state index in [0.717, 1.165) is 21.0 Å². The highest BCUT2D eigenvalue weighted by molar-refractivity contribution is 7.89. The molecule has 2 aromatic heterocycles. The van der Waals surface area contributed by atoms with E-state index in [2.05, 4.69) is 19.6 Å². The number of fused-ring (bicyclic) bond motifs is 1. The number of piperazine rings is 1. The topological polar surface area (TPSA) is 95.5 Å². The van der Waals surface area contributed by atoms with Gasteiger partial charge < -0.3 is 9.80 Å². The molecular weight excluding hydrogens is 422 g/mol. The molecule has 0 saturated carbocycles. The van der Waals surface area contributed by atoms with Crippen LogP contribution in [0.4, 0.5) is 5.13 Å². The van der Waals surface area contributed by atoms with Crippen molar-refractivity contribution in [2.75, 3.05) is 37.6 Å². The van der Waals surface area contributed by atoms with E-state index in [9.17, 15) is 13.2 Å². The molecule has 1 fully saturated rings. The van der Waals surface area contributed by atoms with E-state index in [1.54, 1.807) is 35.4 Å². The van der Waals surface area contributed by atoms with Crippen LogP contribution in [0.1, 0.15) is 22.8 Å². The number of hydrogen-bond donors (Lipinski definition) is 1. The minimum atomic E-state index is -3.61. The molecule has 3 heterocycles. The summed E-state index contributed by atoms with van der Waals surface area (Å²) < 4.78 is 27.1. The van der Waals surface area contributed by atoms with Crippen LogP contribution in [-0.2, 0) is 10.0 Å². The summed E-state index contributed by atoms with van der Waals surface area (Å²) in [5.74, 6) is -0.147. The van der Waals surface area contributed by atoms with Gasteiger partial charge in [0.15, 0.2) is 5.13 Å². The first-order valence-corrected chi connectivity index (χ1v) is 12.0. The van der Waals surface area contributed by atoms with Gasteiger partial charge in [-0.3, -0.25) is 4.79 Å². The monoisotopic (exact) mass is 445 g/mol. The smallest absolute Gasteiger partial charge is 0.254 e. The van der Waals surface area contributed by atoms with Crippen LogP contribution in [0.2, 0.25) is 0 Å². The van der Waals surface area contributed by atoms with E-state index in [1.165, 1.54) is 12.1 Å². The van der Waals surface area contributed by atoms with Gasteiger partial charge in [0.2, 0.25) is 10.0 Å². The molecule has 1 aliphatic heterocycles. The minimum absolute atomic E-state index is 0.110. The first kappa shape index (κ1) is 20.7. The van der Waals surface area contributed by atoms with Crippen molar-refractivity contribution in [1.82, 2.24) is 19.6 Å². The molecule has 3 aromatic rings. The van der Waals surface area contributed by atoms with Gasteiger partial charge in [0, 0.05) is 44.5 Å². The highest BCUT2D eigenvalue weighted by Crippen LogP contribution is 2.28. The van der Waals surface area contributed by atoms with Crippen molar-refractivity contribution < 1.29 is 13.2 Å². The number of pyridine rings is 1. The molecule has 1 aromatic carbocycles. The van der Waals surface area contributed by atoms with Gasteiger partial charge in [-0.2, -0.15) is 0 Å². The maximum absolute atomic E-state index is 13.1. The average molecular weight is 446 g/mol. The predicted octanol–water partition coefficient (Wildman–Crippen LogP) is 2.26. The zero-order valence-electron chi connectivity index (χ0n) is 16.8. The fourth-order valence-electron chi connectivity index (χ4n) is 3.44. The molecule has 1 amide bonds. The predicted molar refractivity (Wildman–Crippen MR) is 118 cm³/mol. The van der Waals surface area contributed by atoms with Crippen molar-refractivity contribution in [2.45, 2.75) is 18.7 Å².